The largest absolute Gasteiger partial charge is 0.491 e. The van der Waals surface area contributed by atoms with Crippen LogP contribution in [-0.2, 0) is 6.42 Å². The molecule has 0 N–H and O–H groups in total. The fraction of sp³-hybridized carbons (Fsp3) is 0.722. The Morgan fingerprint density at radius 2 is 1.81 bits per heavy atom. The van der Waals surface area contributed by atoms with Crippen molar-refractivity contribution in [1.29, 1.82) is 0 Å². The molecule has 0 aliphatic heterocycles. The van der Waals surface area contributed by atoms with E-state index in [9.17, 15) is 0 Å². The summed E-state index contributed by atoms with van der Waals surface area (Å²) < 4.78 is 5.75. The molecule has 1 atom stereocenters. The third-order valence-corrected chi connectivity index (χ3v) is 3.16. The normalized spacial score (nSPS) is 13.9. The monoisotopic (exact) mass is 288 g/mol. The third kappa shape index (κ3) is 8.80. The SMILES string of the molecule is C[C@H](C[B]C(C)(C)C)Cc1ccc(OCC(C)(C)C)cn1. The minimum atomic E-state index is 0.177. The Hall–Kier alpha value is -0.985. The molecule has 0 saturated carbocycles. The van der Waals surface area contributed by atoms with E-state index in [0.29, 0.717) is 17.8 Å². The third-order valence-electron chi connectivity index (χ3n) is 3.16. The second-order valence-corrected chi connectivity index (χ2v) is 8.45. The van der Waals surface area contributed by atoms with Gasteiger partial charge in [0.05, 0.1) is 12.8 Å². The van der Waals surface area contributed by atoms with Crippen molar-refractivity contribution in [3.63, 3.8) is 0 Å². The van der Waals surface area contributed by atoms with E-state index in [-0.39, 0.29) is 5.41 Å². The van der Waals surface area contributed by atoms with Crippen LogP contribution in [0.2, 0.25) is 11.6 Å². The van der Waals surface area contributed by atoms with Crippen LogP contribution in [0.4, 0.5) is 0 Å². The molecular formula is C18H31BNO. The van der Waals surface area contributed by atoms with Gasteiger partial charge in [-0.25, -0.2) is 0 Å². The van der Waals surface area contributed by atoms with Gasteiger partial charge in [0.2, 0.25) is 0 Å². The van der Waals surface area contributed by atoms with Gasteiger partial charge < -0.3 is 4.74 Å². The van der Waals surface area contributed by atoms with Crippen molar-refractivity contribution < 1.29 is 4.74 Å². The maximum atomic E-state index is 5.75. The number of pyridine rings is 1. The van der Waals surface area contributed by atoms with Crippen molar-refractivity contribution in [2.24, 2.45) is 11.3 Å². The van der Waals surface area contributed by atoms with Crippen molar-refractivity contribution in [1.82, 2.24) is 4.98 Å². The van der Waals surface area contributed by atoms with Gasteiger partial charge in [0, 0.05) is 5.69 Å². The fourth-order valence-electron chi connectivity index (χ4n) is 1.91. The van der Waals surface area contributed by atoms with E-state index in [1.807, 2.05) is 12.3 Å². The summed E-state index contributed by atoms with van der Waals surface area (Å²) in [6.07, 6.45) is 4.00. The van der Waals surface area contributed by atoms with Gasteiger partial charge in [0.15, 0.2) is 0 Å². The van der Waals surface area contributed by atoms with Crippen LogP contribution in [0, 0.1) is 11.3 Å². The molecule has 0 aliphatic carbocycles. The average Bonchev–Trinajstić information content (AvgIpc) is 2.34. The lowest BCUT2D eigenvalue weighted by molar-refractivity contribution is 0.197. The number of aromatic nitrogens is 1. The van der Waals surface area contributed by atoms with Crippen molar-refractivity contribution in [3.8, 4) is 5.75 Å². The van der Waals surface area contributed by atoms with E-state index in [2.05, 4.69) is 66.8 Å². The summed E-state index contributed by atoms with van der Waals surface area (Å²) in [6.45, 7) is 16.3. The van der Waals surface area contributed by atoms with Crippen molar-refractivity contribution in [3.05, 3.63) is 24.0 Å². The second kappa shape index (κ2) is 7.33. The highest BCUT2D eigenvalue weighted by atomic mass is 16.5. The first-order chi connectivity index (χ1) is 9.55. The van der Waals surface area contributed by atoms with Crippen molar-refractivity contribution in [2.75, 3.05) is 6.61 Å². The molecule has 117 valence electrons. The number of nitrogens with zero attached hydrogens (tertiary/aromatic N) is 1. The van der Waals surface area contributed by atoms with E-state index in [4.69, 9.17) is 4.74 Å². The Bertz CT molecular complexity index is 414. The fourth-order valence-corrected chi connectivity index (χ4v) is 1.91. The minimum Gasteiger partial charge on any atom is -0.491 e. The quantitative estimate of drug-likeness (QED) is 0.685. The molecule has 21 heavy (non-hydrogen) atoms. The molecule has 0 bridgehead atoms. The number of ether oxygens (including phenoxy) is 1. The lowest BCUT2D eigenvalue weighted by atomic mass is 9.51. The first-order valence-electron chi connectivity index (χ1n) is 7.97. The highest BCUT2D eigenvalue weighted by molar-refractivity contribution is 6.39. The molecule has 0 spiro atoms. The Morgan fingerprint density at radius 3 is 2.29 bits per heavy atom. The first kappa shape index (κ1) is 18.1. The molecule has 0 unspecified atom stereocenters. The lowest BCUT2D eigenvalue weighted by Gasteiger charge is -2.20. The van der Waals surface area contributed by atoms with E-state index in [1.54, 1.807) is 0 Å². The summed E-state index contributed by atoms with van der Waals surface area (Å²) in [4.78, 5) is 4.52. The lowest BCUT2D eigenvalue weighted by Crippen LogP contribution is -2.17. The van der Waals surface area contributed by atoms with E-state index in [0.717, 1.165) is 24.2 Å². The van der Waals surface area contributed by atoms with Gasteiger partial charge in [-0.1, -0.05) is 60.1 Å². The Labute approximate surface area is 131 Å². The number of hydrogen-bond acceptors (Lipinski definition) is 2. The second-order valence-electron chi connectivity index (χ2n) is 8.45. The summed E-state index contributed by atoms with van der Waals surface area (Å²) >= 11 is 0. The van der Waals surface area contributed by atoms with Gasteiger partial charge in [-0.3, -0.25) is 4.98 Å². The van der Waals surface area contributed by atoms with Crippen LogP contribution in [0.5, 0.6) is 5.75 Å². The van der Waals surface area contributed by atoms with Crippen LogP contribution >= 0.6 is 0 Å². The molecule has 0 aromatic carbocycles. The van der Waals surface area contributed by atoms with Crippen LogP contribution < -0.4 is 4.74 Å². The maximum Gasteiger partial charge on any atom is 0.137 e. The smallest absolute Gasteiger partial charge is 0.137 e. The molecule has 1 radical (unpaired) electrons. The van der Waals surface area contributed by atoms with Crippen LogP contribution in [0.3, 0.4) is 0 Å². The van der Waals surface area contributed by atoms with E-state index in [1.165, 1.54) is 0 Å². The van der Waals surface area contributed by atoms with Crippen molar-refractivity contribution in [2.45, 2.75) is 66.5 Å². The van der Waals surface area contributed by atoms with Crippen molar-refractivity contribution >= 4 is 7.28 Å². The molecule has 1 aromatic heterocycles. The van der Waals surface area contributed by atoms with Crippen LogP contribution in [0.25, 0.3) is 0 Å². The predicted octanol–water partition coefficient (Wildman–Crippen LogP) is 5.03. The van der Waals surface area contributed by atoms with Gasteiger partial charge >= 0.3 is 0 Å². The maximum absolute atomic E-state index is 5.75. The highest BCUT2D eigenvalue weighted by Crippen LogP contribution is 2.25. The van der Waals surface area contributed by atoms with Gasteiger partial charge in [0.1, 0.15) is 13.0 Å². The summed E-state index contributed by atoms with van der Waals surface area (Å²) in [7, 11) is 2.40. The molecule has 0 saturated heterocycles. The highest BCUT2D eigenvalue weighted by Gasteiger charge is 2.15. The summed E-state index contributed by atoms with van der Waals surface area (Å²) in [6, 6.07) is 4.12. The van der Waals surface area contributed by atoms with Gasteiger partial charge in [-0.2, -0.15) is 0 Å². The standard InChI is InChI=1S/C18H31BNO/c1-14(11-19-18(5,6)7)10-15-8-9-16(12-20-15)21-13-17(2,3)4/h8-9,12,14H,10-11,13H2,1-7H3/t14-/m0/s1. The van der Waals surface area contributed by atoms with Gasteiger partial charge in [-0.05, 0) is 29.9 Å². The molecule has 1 heterocycles. The van der Waals surface area contributed by atoms with E-state index >= 15 is 0 Å². The summed E-state index contributed by atoms with van der Waals surface area (Å²) in [5, 5.41) is 0.298. The Morgan fingerprint density at radius 1 is 1.14 bits per heavy atom. The molecule has 2 nitrogen and oxygen atoms in total. The van der Waals surface area contributed by atoms with Gasteiger partial charge in [-0.15, -0.1) is 0 Å². The molecule has 0 aliphatic rings. The molecule has 0 amide bonds. The topological polar surface area (TPSA) is 22.1 Å². The first-order valence-corrected chi connectivity index (χ1v) is 7.97. The molecule has 0 fully saturated rings. The summed E-state index contributed by atoms with van der Waals surface area (Å²) in [5.41, 5.74) is 1.32. The molecule has 1 rings (SSSR count). The zero-order valence-electron chi connectivity index (χ0n) is 14.9. The van der Waals surface area contributed by atoms with E-state index < -0.39 is 0 Å². The zero-order valence-corrected chi connectivity index (χ0v) is 14.9. The van der Waals surface area contributed by atoms with Crippen LogP contribution in [0.1, 0.15) is 54.2 Å². The average molecular weight is 288 g/mol. The van der Waals surface area contributed by atoms with Crippen LogP contribution in [-0.4, -0.2) is 18.9 Å². The Kier molecular flexibility index (Phi) is 6.31. The minimum absolute atomic E-state index is 0.177. The zero-order chi connectivity index (χ0) is 16.1. The molecule has 1 aromatic rings. The van der Waals surface area contributed by atoms with Gasteiger partial charge in [0.25, 0.3) is 0 Å². The molecular weight excluding hydrogens is 257 g/mol. The number of hydrogen-bond donors (Lipinski definition) is 0. The predicted molar refractivity (Wildman–Crippen MR) is 92.3 cm³/mol. The van der Waals surface area contributed by atoms with Crippen LogP contribution in [0.15, 0.2) is 18.3 Å². The summed E-state index contributed by atoms with van der Waals surface area (Å²) in [5.74, 6) is 1.49. The number of rotatable bonds is 6. The Balaban J connectivity index is 2.43. The molecule has 3 heteroatoms.